The number of nitrogens with one attached hydrogen (secondary N) is 1. The van der Waals surface area contributed by atoms with Gasteiger partial charge in [-0.05, 0) is 6.07 Å². The van der Waals surface area contributed by atoms with E-state index in [1.54, 1.807) is 54.6 Å². The van der Waals surface area contributed by atoms with Crippen molar-refractivity contribution in [3.05, 3.63) is 76.2 Å². The van der Waals surface area contributed by atoms with Gasteiger partial charge in [0.2, 0.25) is 6.10 Å². The van der Waals surface area contributed by atoms with Gasteiger partial charge in [-0.25, -0.2) is 5.10 Å². The highest BCUT2D eigenvalue weighted by Gasteiger charge is 2.23. The molecule has 0 spiro atoms. The summed E-state index contributed by atoms with van der Waals surface area (Å²) in [6.07, 6.45) is -1.38. The van der Waals surface area contributed by atoms with Crippen LogP contribution in [0.15, 0.2) is 59.4 Å². The first-order valence-electron chi connectivity index (χ1n) is 7.56. The summed E-state index contributed by atoms with van der Waals surface area (Å²) in [5.74, 6) is -1.43. The molecule has 0 aliphatic heterocycles. The third-order valence-corrected chi connectivity index (χ3v) is 3.70. The molecule has 126 valence electrons. The summed E-state index contributed by atoms with van der Waals surface area (Å²) in [6, 6.07) is 15.3. The van der Waals surface area contributed by atoms with Gasteiger partial charge in [-0.2, -0.15) is 5.10 Å². The normalized spacial score (nSPS) is 11.8. The highest BCUT2D eigenvalue weighted by Crippen LogP contribution is 2.19. The van der Waals surface area contributed by atoms with Crippen LogP contribution in [0, 0.1) is 0 Å². The first kappa shape index (κ1) is 16.4. The first-order valence-corrected chi connectivity index (χ1v) is 7.56. The number of primary amides is 1. The molecule has 2 aromatic carbocycles. The minimum Gasteiger partial charge on any atom is -0.447 e. The van der Waals surface area contributed by atoms with Crippen molar-refractivity contribution in [2.24, 2.45) is 5.73 Å². The molecule has 0 aliphatic carbocycles. The van der Waals surface area contributed by atoms with E-state index in [0.29, 0.717) is 22.0 Å². The molecule has 1 amide bonds. The first-order chi connectivity index (χ1) is 12.1. The molecule has 1 aromatic heterocycles. The number of esters is 1. The second-order valence-corrected chi connectivity index (χ2v) is 5.40. The second-order valence-electron chi connectivity index (χ2n) is 5.40. The Morgan fingerprint density at radius 1 is 1.04 bits per heavy atom. The number of ether oxygens (including phenoxy) is 1. The van der Waals surface area contributed by atoms with Gasteiger partial charge >= 0.3 is 5.97 Å². The maximum atomic E-state index is 12.3. The van der Waals surface area contributed by atoms with E-state index in [-0.39, 0.29) is 12.0 Å². The van der Waals surface area contributed by atoms with E-state index in [2.05, 4.69) is 10.2 Å². The van der Waals surface area contributed by atoms with Crippen LogP contribution in [0.4, 0.5) is 0 Å². The largest absolute Gasteiger partial charge is 0.447 e. The molecule has 1 heterocycles. The van der Waals surface area contributed by atoms with E-state index in [1.165, 1.54) is 0 Å². The molecule has 0 saturated carbocycles. The molecule has 3 rings (SSSR count). The van der Waals surface area contributed by atoms with Crippen LogP contribution < -0.4 is 11.3 Å². The molecule has 0 bridgehead atoms. The van der Waals surface area contributed by atoms with Crippen LogP contribution in [0.2, 0.25) is 0 Å². The Balaban J connectivity index is 1.84. The monoisotopic (exact) mass is 337 g/mol. The number of nitrogens with zero attached hydrogens (tertiary/aromatic N) is 1. The maximum Gasteiger partial charge on any atom is 0.313 e. The number of rotatable bonds is 5. The Kier molecular flexibility index (Phi) is 4.56. The average Bonchev–Trinajstić information content (AvgIpc) is 2.63. The van der Waals surface area contributed by atoms with Crippen molar-refractivity contribution in [2.45, 2.75) is 12.5 Å². The molecule has 3 N–H and O–H groups in total. The lowest BCUT2D eigenvalue weighted by atomic mass is 10.1. The molecule has 0 fully saturated rings. The Morgan fingerprint density at radius 2 is 1.68 bits per heavy atom. The smallest absolute Gasteiger partial charge is 0.313 e. The number of carbonyl (C=O) groups is 2. The molecule has 25 heavy (non-hydrogen) atoms. The summed E-state index contributed by atoms with van der Waals surface area (Å²) in [6.45, 7) is 0. The van der Waals surface area contributed by atoms with Gasteiger partial charge in [0.25, 0.3) is 11.5 Å². The number of H-pyrrole nitrogens is 1. The van der Waals surface area contributed by atoms with Crippen molar-refractivity contribution in [1.82, 2.24) is 10.2 Å². The zero-order valence-corrected chi connectivity index (χ0v) is 13.1. The fourth-order valence-corrected chi connectivity index (χ4v) is 2.53. The van der Waals surface area contributed by atoms with Crippen molar-refractivity contribution >= 4 is 22.6 Å². The Hall–Kier alpha value is -3.48. The highest BCUT2D eigenvalue weighted by molar-refractivity contribution is 5.88. The van der Waals surface area contributed by atoms with Crippen LogP contribution in [0.1, 0.15) is 17.4 Å². The summed E-state index contributed by atoms with van der Waals surface area (Å²) in [5.41, 5.74) is 5.85. The van der Waals surface area contributed by atoms with Crippen LogP contribution in [0.25, 0.3) is 10.8 Å². The van der Waals surface area contributed by atoms with E-state index in [0.717, 1.165) is 0 Å². The van der Waals surface area contributed by atoms with Crippen LogP contribution in [-0.2, 0) is 20.7 Å². The third-order valence-electron chi connectivity index (χ3n) is 3.70. The van der Waals surface area contributed by atoms with E-state index in [9.17, 15) is 14.4 Å². The van der Waals surface area contributed by atoms with E-state index < -0.39 is 18.0 Å². The second kappa shape index (κ2) is 6.96. The standard InChI is InChI=1S/C18H15N3O4/c19-17(23)16(11-6-2-1-3-7-11)25-15(22)10-14-12-8-4-5-9-13(12)18(24)21-20-14/h1-9,16H,10H2,(H2,19,23)(H,21,24). The average molecular weight is 337 g/mol. The van der Waals surface area contributed by atoms with Gasteiger partial charge in [-0.3, -0.25) is 14.4 Å². The number of hydrogen-bond donors (Lipinski definition) is 2. The van der Waals surface area contributed by atoms with Crippen LogP contribution in [-0.4, -0.2) is 22.1 Å². The molecule has 3 aromatic rings. The van der Waals surface area contributed by atoms with Gasteiger partial charge in [0, 0.05) is 10.9 Å². The Bertz CT molecular complexity index is 982. The predicted octanol–water partition coefficient (Wildman–Crippen LogP) is 1.24. The number of hydrogen-bond acceptors (Lipinski definition) is 5. The minimum atomic E-state index is -1.18. The zero-order chi connectivity index (χ0) is 17.8. The van der Waals surface area contributed by atoms with E-state index in [4.69, 9.17) is 10.5 Å². The lowest BCUT2D eigenvalue weighted by molar-refractivity contribution is -0.154. The molecular formula is C18H15N3O4. The SMILES string of the molecule is NC(=O)C(OC(=O)Cc1n[nH]c(=O)c2ccccc12)c1ccccc1. The van der Waals surface area contributed by atoms with Crippen molar-refractivity contribution in [1.29, 1.82) is 0 Å². The molecule has 0 aliphatic rings. The number of nitrogens with two attached hydrogens (primary N) is 1. The topological polar surface area (TPSA) is 115 Å². The molecule has 7 heteroatoms. The minimum absolute atomic E-state index is 0.200. The summed E-state index contributed by atoms with van der Waals surface area (Å²) in [5, 5.41) is 7.25. The van der Waals surface area contributed by atoms with Crippen LogP contribution in [0.5, 0.6) is 0 Å². The number of aromatic nitrogens is 2. The molecule has 1 unspecified atom stereocenters. The quantitative estimate of drug-likeness (QED) is 0.680. The predicted molar refractivity (Wildman–Crippen MR) is 90.5 cm³/mol. The lowest BCUT2D eigenvalue weighted by Crippen LogP contribution is -2.27. The number of aromatic amines is 1. The number of benzene rings is 2. The summed E-state index contributed by atoms with van der Waals surface area (Å²) < 4.78 is 5.24. The lowest BCUT2D eigenvalue weighted by Gasteiger charge is -2.15. The van der Waals surface area contributed by atoms with Gasteiger partial charge in [-0.1, -0.05) is 48.5 Å². The molecule has 0 saturated heterocycles. The highest BCUT2D eigenvalue weighted by atomic mass is 16.5. The molecule has 0 radical (unpaired) electrons. The number of amides is 1. The fourth-order valence-electron chi connectivity index (χ4n) is 2.53. The van der Waals surface area contributed by atoms with Crippen molar-refractivity contribution in [3.63, 3.8) is 0 Å². The number of carbonyl (C=O) groups excluding carboxylic acids is 2. The Morgan fingerprint density at radius 3 is 2.36 bits per heavy atom. The van der Waals surface area contributed by atoms with Crippen LogP contribution in [0.3, 0.4) is 0 Å². The van der Waals surface area contributed by atoms with E-state index >= 15 is 0 Å². The molecule has 7 nitrogen and oxygen atoms in total. The van der Waals surface area contributed by atoms with Gasteiger partial charge < -0.3 is 10.5 Å². The summed E-state index contributed by atoms with van der Waals surface area (Å²) in [4.78, 5) is 35.7. The van der Waals surface area contributed by atoms with Gasteiger partial charge in [0.05, 0.1) is 17.5 Å². The number of fused-ring (bicyclic) bond motifs is 1. The van der Waals surface area contributed by atoms with Gasteiger partial charge in [-0.15, -0.1) is 0 Å². The van der Waals surface area contributed by atoms with Gasteiger partial charge in [0.15, 0.2) is 0 Å². The van der Waals surface area contributed by atoms with Crippen LogP contribution >= 0.6 is 0 Å². The maximum absolute atomic E-state index is 12.3. The zero-order valence-electron chi connectivity index (χ0n) is 13.1. The Labute approximate surface area is 142 Å². The third kappa shape index (κ3) is 3.55. The van der Waals surface area contributed by atoms with Crippen molar-refractivity contribution in [2.75, 3.05) is 0 Å². The summed E-state index contributed by atoms with van der Waals surface area (Å²) >= 11 is 0. The molecular weight excluding hydrogens is 322 g/mol. The van der Waals surface area contributed by atoms with Gasteiger partial charge in [0.1, 0.15) is 0 Å². The van der Waals surface area contributed by atoms with Crippen molar-refractivity contribution in [3.8, 4) is 0 Å². The van der Waals surface area contributed by atoms with Crippen molar-refractivity contribution < 1.29 is 14.3 Å². The fraction of sp³-hybridized carbons (Fsp3) is 0.111. The van der Waals surface area contributed by atoms with E-state index in [1.807, 2.05) is 0 Å². The summed E-state index contributed by atoms with van der Waals surface area (Å²) in [7, 11) is 0. The molecule has 1 atom stereocenters.